The Hall–Kier alpha value is -3.76. The van der Waals surface area contributed by atoms with Crippen molar-refractivity contribution in [1.82, 2.24) is 16.3 Å². The molecule has 0 saturated carbocycles. The largest absolute Gasteiger partial charge is 0.535 e. The zero-order chi connectivity index (χ0) is 24.2. The number of nitrogens with zero attached hydrogens (tertiary/aromatic N) is 2. The van der Waals surface area contributed by atoms with E-state index in [2.05, 4.69) is 31.3 Å². The summed E-state index contributed by atoms with van der Waals surface area (Å²) in [5, 5.41) is 5.36. The van der Waals surface area contributed by atoms with Crippen molar-refractivity contribution in [3.63, 3.8) is 0 Å². The molecule has 14 nitrogen and oxygen atoms in total. The van der Waals surface area contributed by atoms with Gasteiger partial charge in [0.2, 0.25) is 5.91 Å². The maximum atomic E-state index is 12.4. The second-order valence-electron chi connectivity index (χ2n) is 6.82. The van der Waals surface area contributed by atoms with Crippen LogP contribution >= 0.6 is 0 Å². The highest BCUT2D eigenvalue weighted by Gasteiger charge is 2.33. The third-order valence-corrected chi connectivity index (χ3v) is 4.62. The van der Waals surface area contributed by atoms with Gasteiger partial charge in [0, 0.05) is 6.54 Å². The lowest BCUT2D eigenvalue weighted by Crippen LogP contribution is -2.52. The molecule has 1 amide bonds. The molecule has 15 heteroatoms. The number of rotatable bonds is 13. The van der Waals surface area contributed by atoms with Crippen LogP contribution in [0.5, 0.6) is 5.75 Å². The number of amides is 1. The molecule has 9 N–H and O–H groups in total. The SMILES string of the molecule is NNCc1cccc(CC(=O)NN[C@@H](Cc2cccc(C(=O)ON)c2ON)B(N=O)N=O)c1. The number of benzene rings is 2. The van der Waals surface area contributed by atoms with E-state index in [1.807, 2.05) is 6.07 Å². The monoisotopic (exact) mass is 458 g/mol. The maximum absolute atomic E-state index is 12.4. The summed E-state index contributed by atoms with van der Waals surface area (Å²) in [6, 6.07) is 11.5. The van der Waals surface area contributed by atoms with Gasteiger partial charge in [-0.1, -0.05) is 36.4 Å². The number of hydrogen-bond acceptors (Lipinski definition) is 13. The van der Waals surface area contributed by atoms with Gasteiger partial charge in [0.1, 0.15) is 5.56 Å². The molecule has 0 fully saturated rings. The van der Waals surface area contributed by atoms with Crippen molar-refractivity contribution < 1.29 is 19.3 Å². The van der Waals surface area contributed by atoms with E-state index in [0.29, 0.717) is 17.7 Å². The molecule has 0 aliphatic carbocycles. The molecule has 0 aromatic heterocycles. The van der Waals surface area contributed by atoms with Crippen molar-refractivity contribution in [3.8, 4) is 5.75 Å². The van der Waals surface area contributed by atoms with Crippen LogP contribution in [-0.4, -0.2) is 24.8 Å². The smallest absolute Gasteiger partial charge is 0.410 e. The zero-order valence-electron chi connectivity index (χ0n) is 17.4. The van der Waals surface area contributed by atoms with Crippen LogP contribution < -0.4 is 38.8 Å². The van der Waals surface area contributed by atoms with Gasteiger partial charge in [-0.2, -0.15) is 21.6 Å². The fraction of sp³-hybridized carbons (Fsp3) is 0.222. The number of carbonyl (C=O) groups excluding carboxylic acids is 2. The molecule has 0 bridgehead atoms. The summed E-state index contributed by atoms with van der Waals surface area (Å²) in [4.78, 5) is 55.4. The minimum atomic E-state index is -1.61. The second-order valence-corrected chi connectivity index (χ2v) is 6.82. The van der Waals surface area contributed by atoms with Gasteiger partial charge < -0.3 is 9.68 Å². The number of para-hydroxylation sites is 1. The van der Waals surface area contributed by atoms with Crippen molar-refractivity contribution in [2.45, 2.75) is 25.3 Å². The minimum Gasteiger partial charge on any atom is -0.410 e. The molecular weight excluding hydrogens is 435 g/mol. The molecule has 2 aromatic rings. The summed E-state index contributed by atoms with van der Waals surface area (Å²) in [5.41, 5.74) is 9.36. The quantitative estimate of drug-likeness (QED) is 0.0949. The highest BCUT2D eigenvalue weighted by Crippen LogP contribution is 2.25. The van der Waals surface area contributed by atoms with E-state index in [4.69, 9.17) is 22.5 Å². The van der Waals surface area contributed by atoms with E-state index in [9.17, 15) is 19.4 Å². The summed E-state index contributed by atoms with van der Waals surface area (Å²) in [6.07, 6.45) is -0.126. The second kappa shape index (κ2) is 12.9. The van der Waals surface area contributed by atoms with E-state index in [0.717, 1.165) is 5.56 Å². The zero-order valence-corrected chi connectivity index (χ0v) is 17.4. The molecule has 0 aliphatic rings. The summed E-state index contributed by atoms with van der Waals surface area (Å²) in [7, 11) is 0. The van der Waals surface area contributed by atoms with Crippen molar-refractivity contribution in [1.29, 1.82) is 0 Å². The van der Waals surface area contributed by atoms with Crippen LogP contribution in [0.2, 0.25) is 0 Å². The molecule has 2 rings (SSSR count). The van der Waals surface area contributed by atoms with Gasteiger partial charge >= 0.3 is 13.0 Å². The third kappa shape index (κ3) is 7.13. The number of hydrazine groups is 2. The number of nitroso groups, excluding NO2 is 2. The molecule has 0 heterocycles. The minimum absolute atomic E-state index is 0.000814. The third-order valence-electron chi connectivity index (χ3n) is 4.62. The fourth-order valence-corrected chi connectivity index (χ4v) is 3.11. The molecule has 0 aliphatic heterocycles. The Balaban J connectivity index is 2.15. The predicted molar refractivity (Wildman–Crippen MR) is 118 cm³/mol. The van der Waals surface area contributed by atoms with E-state index < -0.39 is 24.8 Å². The maximum Gasteiger partial charge on any atom is 0.535 e. The molecule has 0 spiro atoms. The van der Waals surface area contributed by atoms with Crippen LogP contribution in [0.25, 0.3) is 0 Å². The van der Waals surface area contributed by atoms with Crippen molar-refractivity contribution in [2.24, 2.45) is 27.8 Å². The summed E-state index contributed by atoms with van der Waals surface area (Å²) >= 11 is 0. The molecule has 0 saturated heterocycles. The number of hydrogen-bond donors (Lipinski definition) is 6. The molecular formula is C18H23BN8O6. The van der Waals surface area contributed by atoms with Crippen molar-refractivity contribution in [3.05, 3.63) is 74.5 Å². The normalized spacial score (nSPS) is 11.2. The number of nitrogens with one attached hydrogen (secondary N) is 3. The molecule has 174 valence electrons. The predicted octanol–water partition coefficient (Wildman–Crippen LogP) is -0.732. The molecule has 1 atom stereocenters. The van der Waals surface area contributed by atoms with Crippen LogP contribution in [0, 0.1) is 9.81 Å². The Morgan fingerprint density at radius 1 is 1.06 bits per heavy atom. The first-order valence-corrected chi connectivity index (χ1v) is 9.57. The standard InChI is InChI=1S/C18H23BN8O6/c20-23-10-12-4-1-3-11(7-12)8-16(28)25-24-15(19(26-30)27-31)9-13-5-2-6-14(17(13)32-21)18(29)33-22/h1-7,15,23-24H,8-10,20-22H2,(H,25,28)/t15-/m0/s1. The lowest BCUT2D eigenvalue weighted by molar-refractivity contribution is -0.121. The van der Waals surface area contributed by atoms with Gasteiger partial charge in [0.25, 0.3) is 0 Å². The molecule has 33 heavy (non-hydrogen) atoms. The summed E-state index contributed by atoms with van der Waals surface area (Å²) in [6.45, 7) is -1.18. The number of nitrogens with two attached hydrogens (primary N) is 3. The van der Waals surface area contributed by atoms with Crippen LogP contribution in [0.1, 0.15) is 27.0 Å². The van der Waals surface area contributed by atoms with Crippen molar-refractivity contribution >= 4 is 18.9 Å². The Bertz CT molecular complexity index is 986. The van der Waals surface area contributed by atoms with Gasteiger partial charge in [0.05, 0.1) is 12.4 Å². The Morgan fingerprint density at radius 3 is 2.39 bits per heavy atom. The highest BCUT2D eigenvalue weighted by atomic mass is 16.7. The van der Waals surface area contributed by atoms with Crippen molar-refractivity contribution in [2.75, 3.05) is 0 Å². The van der Waals surface area contributed by atoms with Crippen LogP contribution in [0.4, 0.5) is 0 Å². The highest BCUT2D eigenvalue weighted by molar-refractivity contribution is 6.56. The van der Waals surface area contributed by atoms with Gasteiger partial charge in [-0.15, -0.1) is 10.2 Å². The number of carbonyl (C=O) groups is 2. The van der Waals surface area contributed by atoms with Gasteiger partial charge in [-0.05, 0) is 29.2 Å². The van der Waals surface area contributed by atoms with Crippen LogP contribution in [0.15, 0.2) is 52.6 Å². The fourth-order valence-electron chi connectivity index (χ4n) is 3.11. The lowest BCUT2D eigenvalue weighted by atomic mass is 9.68. The van der Waals surface area contributed by atoms with Crippen LogP contribution in [0.3, 0.4) is 0 Å². The Kier molecular flexibility index (Phi) is 10.0. The summed E-state index contributed by atoms with van der Waals surface area (Å²) in [5.74, 6) is 13.0. The Labute approximate surface area is 188 Å². The van der Waals surface area contributed by atoms with Crippen LogP contribution in [-0.2, 0) is 29.0 Å². The first-order chi connectivity index (χ1) is 16.0. The van der Waals surface area contributed by atoms with E-state index in [1.165, 1.54) is 18.2 Å². The van der Waals surface area contributed by atoms with E-state index >= 15 is 0 Å². The summed E-state index contributed by atoms with van der Waals surface area (Å²) < 4.78 is 0. The lowest BCUT2D eigenvalue weighted by Gasteiger charge is -2.19. The molecule has 0 unspecified atom stereocenters. The first-order valence-electron chi connectivity index (χ1n) is 9.57. The first kappa shape index (κ1) is 25.5. The van der Waals surface area contributed by atoms with Gasteiger partial charge in [-0.3, -0.25) is 21.5 Å². The van der Waals surface area contributed by atoms with E-state index in [-0.39, 0.29) is 24.2 Å². The topological polar surface area (TPSA) is 226 Å². The average molecular weight is 458 g/mol. The average Bonchev–Trinajstić information content (AvgIpc) is 2.82. The molecule has 0 radical (unpaired) electrons. The van der Waals surface area contributed by atoms with E-state index in [1.54, 1.807) is 18.2 Å². The Morgan fingerprint density at radius 2 is 1.76 bits per heavy atom. The molecule has 2 aromatic carbocycles. The van der Waals surface area contributed by atoms with Gasteiger partial charge in [-0.25, -0.2) is 10.2 Å². The van der Waals surface area contributed by atoms with Gasteiger partial charge in [0.15, 0.2) is 5.75 Å².